The second-order valence-corrected chi connectivity index (χ2v) is 10.6. The molecule has 0 saturated carbocycles. The SMILES string of the molecule is Clc1cc(Cl)cc([C@@H]2Nc3cc4c(cc3S2)N[C@@H](c2cc(Cl)cc(Cl)c2)S4)c1. The van der Waals surface area contributed by atoms with Gasteiger partial charge >= 0.3 is 0 Å². The first-order valence-corrected chi connectivity index (χ1v) is 11.7. The molecule has 2 aliphatic heterocycles. The highest BCUT2D eigenvalue weighted by molar-refractivity contribution is 8.00. The van der Waals surface area contributed by atoms with Gasteiger partial charge in [-0.1, -0.05) is 69.9 Å². The summed E-state index contributed by atoms with van der Waals surface area (Å²) in [6.45, 7) is 0. The van der Waals surface area contributed by atoms with Crippen molar-refractivity contribution in [3.8, 4) is 0 Å². The van der Waals surface area contributed by atoms with E-state index in [1.807, 2.05) is 24.3 Å². The summed E-state index contributed by atoms with van der Waals surface area (Å²) in [4.78, 5) is 2.38. The summed E-state index contributed by atoms with van der Waals surface area (Å²) in [5.74, 6) is 0. The van der Waals surface area contributed by atoms with Gasteiger partial charge in [0.1, 0.15) is 10.7 Å². The van der Waals surface area contributed by atoms with Crippen molar-refractivity contribution in [1.29, 1.82) is 0 Å². The zero-order chi connectivity index (χ0) is 19.4. The first kappa shape index (κ1) is 19.1. The van der Waals surface area contributed by atoms with Crippen LogP contribution in [0.25, 0.3) is 0 Å². The topological polar surface area (TPSA) is 24.1 Å². The maximum Gasteiger partial charge on any atom is 0.103 e. The lowest BCUT2D eigenvalue weighted by atomic mass is 10.2. The Hall–Kier alpha value is -0.880. The van der Waals surface area contributed by atoms with E-state index in [-0.39, 0.29) is 10.7 Å². The molecule has 0 amide bonds. The van der Waals surface area contributed by atoms with Crippen molar-refractivity contribution in [1.82, 2.24) is 0 Å². The van der Waals surface area contributed by atoms with Crippen molar-refractivity contribution in [2.45, 2.75) is 20.5 Å². The van der Waals surface area contributed by atoms with Gasteiger partial charge in [0.25, 0.3) is 0 Å². The molecule has 28 heavy (non-hydrogen) atoms. The molecule has 8 heteroatoms. The molecular formula is C20H12Cl4N2S2. The van der Waals surface area contributed by atoms with E-state index in [1.54, 1.807) is 35.7 Å². The number of hydrogen-bond acceptors (Lipinski definition) is 4. The van der Waals surface area contributed by atoms with Crippen molar-refractivity contribution < 1.29 is 0 Å². The normalized spacial score (nSPS) is 19.7. The summed E-state index contributed by atoms with van der Waals surface area (Å²) in [6.07, 6.45) is 0. The fraction of sp³-hybridized carbons (Fsp3) is 0.100. The molecule has 0 radical (unpaired) electrons. The molecule has 0 spiro atoms. The molecule has 0 aliphatic carbocycles. The number of fused-ring (bicyclic) bond motifs is 2. The second kappa shape index (κ2) is 7.42. The predicted molar refractivity (Wildman–Crippen MR) is 124 cm³/mol. The number of anilines is 2. The lowest BCUT2D eigenvalue weighted by Gasteiger charge is -2.12. The molecular weight excluding hydrogens is 474 g/mol. The average molecular weight is 486 g/mol. The Morgan fingerprint density at radius 1 is 0.536 bits per heavy atom. The average Bonchev–Trinajstić information content (AvgIpc) is 3.20. The van der Waals surface area contributed by atoms with Crippen LogP contribution in [0.5, 0.6) is 0 Å². The molecule has 2 atom stereocenters. The zero-order valence-corrected chi connectivity index (χ0v) is 18.8. The molecule has 2 N–H and O–H groups in total. The van der Waals surface area contributed by atoms with Crippen LogP contribution in [0.3, 0.4) is 0 Å². The van der Waals surface area contributed by atoms with Gasteiger partial charge in [0.05, 0.1) is 11.4 Å². The van der Waals surface area contributed by atoms with Crippen LogP contribution in [-0.2, 0) is 0 Å². The van der Waals surface area contributed by atoms with Crippen molar-refractivity contribution in [3.63, 3.8) is 0 Å². The predicted octanol–water partition coefficient (Wildman–Crippen LogP) is 8.73. The molecule has 0 saturated heterocycles. The summed E-state index contributed by atoms with van der Waals surface area (Å²) in [7, 11) is 0. The van der Waals surface area contributed by atoms with Crippen LogP contribution in [0.15, 0.2) is 58.3 Å². The molecule has 2 nitrogen and oxygen atoms in total. The van der Waals surface area contributed by atoms with E-state index in [1.165, 1.54) is 9.79 Å². The van der Waals surface area contributed by atoms with Gasteiger partial charge in [0.15, 0.2) is 0 Å². The molecule has 142 valence electrons. The van der Waals surface area contributed by atoms with E-state index in [0.29, 0.717) is 20.1 Å². The van der Waals surface area contributed by atoms with Crippen molar-refractivity contribution in [2.75, 3.05) is 10.6 Å². The summed E-state index contributed by atoms with van der Waals surface area (Å²) in [6, 6.07) is 15.7. The van der Waals surface area contributed by atoms with Crippen LogP contribution < -0.4 is 10.6 Å². The molecule has 0 aromatic heterocycles. The summed E-state index contributed by atoms with van der Waals surface area (Å²) >= 11 is 28.2. The largest absolute Gasteiger partial charge is 0.368 e. The van der Waals surface area contributed by atoms with E-state index in [9.17, 15) is 0 Å². The monoisotopic (exact) mass is 484 g/mol. The minimum absolute atomic E-state index is 0.0845. The highest BCUT2D eigenvalue weighted by atomic mass is 35.5. The van der Waals surface area contributed by atoms with Crippen LogP contribution in [0.2, 0.25) is 20.1 Å². The summed E-state index contributed by atoms with van der Waals surface area (Å²) < 4.78 is 0. The first-order chi connectivity index (χ1) is 13.4. The van der Waals surface area contributed by atoms with Gasteiger partial charge in [-0.15, -0.1) is 0 Å². The fourth-order valence-corrected chi connectivity index (χ4v) is 6.70. The second-order valence-electron chi connectivity index (χ2n) is 6.53. The lowest BCUT2D eigenvalue weighted by Crippen LogP contribution is -2.01. The summed E-state index contributed by atoms with van der Waals surface area (Å²) in [5, 5.41) is 9.88. The van der Waals surface area contributed by atoms with Gasteiger partial charge in [0.2, 0.25) is 0 Å². The molecule has 3 aromatic rings. The number of rotatable bonds is 2. The van der Waals surface area contributed by atoms with Crippen LogP contribution in [0.4, 0.5) is 11.4 Å². The zero-order valence-electron chi connectivity index (χ0n) is 14.1. The Kier molecular flexibility index (Phi) is 5.07. The standard InChI is InChI=1S/C20H12Cl4N2S2/c21-11-1-9(2-12(22)5-11)19-25-15-7-18-16(8-17(15)27-19)26-20(28-18)10-3-13(23)6-14(24)4-10/h1-8,19-20,25-26H/t19-,20-/m1/s1. The molecule has 3 aromatic carbocycles. The maximum absolute atomic E-state index is 6.16. The molecule has 0 bridgehead atoms. The van der Waals surface area contributed by atoms with Crippen LogP contribution in [0, 0.1) is 0 Å². The van der Waals surface area contributed by atoms with Crippen molar-refractivity contribution >= 4 is 81.3 Å². The third-order valence-corrected chi connectivity index (χ3v) is 7.83. The van der Waals surface area contributed by atoms with E-state index in [4.69, 9.17) is 46.4 Å². The minimum Gasteiger partial charge on any atom is -0.368 e. The fourth-order valence-electron chi connectivity index (χ4n) is 3.33. The quantitative estimate of drug-likeness (QED) is 0.378. The number of thioether (sulfide) groups is 2. The minimum atomic E-state index is 0.0845. The molecule has 2 heterocycles. The van der Waals surface area contributed by atoms with Gasteiger partial charge < -0.3 is 10.6 Å². The molecule has 0 fully saturated rings. The van der Waals surface area contributed by atoms with Gasteiger partial charge in [-0.25, -0.2) is 0 Å². The first-order valence-electron chi connectivity index (χ1n) is 8.41. The Morgan fingerprint density at radius 2 is 0.893 bits per heavy atom. The lowest BCUT2D eigenvalue weighted by molar-refractivity contribution is 1.12. The maximum atomic E-state index is 6.16. The third-order valence-electron chi connectivity index (χ3n) is 4.52. The molecule has 0 unspecified atom stereocenters. The van der Waals surface area contributed by atoms with E-state index < -0.39 is 0 Å². The van der Waals surface area contributed by atoms with Crippen molar-refractivity contribution in [2.24, 2.45) is 0 Å². The van der Waals surface area contributed by atoms with Gasteiger partial charge in [-0.2, -0.15) is 0 Å². The number of nitrogens with one attached hydrogen (secondary N) is 2. The van der Waals surface area contributed by atoms with Gasteiger partial charge in [-0.3, -0.25) is 0 Å². The Labute approximate surface area is 191 Å². The van der Waals surface area contributed by atoms with Crippen LogP contribution in [0.1, 0.15) is 21.9 Å². The Bertz CT molecular complexity index is 948. The van der Waals surface area contributed by atoms with Crippen LogP contribution in [-0.4, -0.2) is 0 Å². The number of benzene rings is 3. The van der Waals surface area contributed by atoms with E-state index in [2.05, 4.69) is 22.8 Å². The van der Waals surface area contributed by atoms with E-state index in [0.717, 1.165) is 22.5 Å². The van der Waals surface area contributed by atoms with Crippen molar-refractivity contribution in [3.05, 3.63) is 79.7 Å². The van der Waals surface area contributed by atoms with Gasteiger partial charge in [0, 0.05) is 29.9 Å². The third kappa shape index (κ3) is 3.67. The van der Waals surface area contributed by atoms with Crippen LogP contribution >= 0.6 is 69.9 Å². The summed E-state index contributed by atoms with van der Waals surface area (Å²) in [5.41, 5.74) is 4.35. The highest BCUT2D eigenvalue weighted by Crippen LogP contribution is 2.54. The van der Waals surface area contributed by atoms with E-state index >= 15 is 0 Å². The highest BCUT2D eigenvalue weighted by Gasteiger charge is 2.29. The number of hydrogen-bond donors (Lipinski definition) is 2. The van der Waals surface area contributed by atoms with Gasteiger partial charge in [-0.05, 0) is 59.7 Å². The molecule has 2 aliphatic rings. The Balaban J connectivity index is 1.40. The number of halogens is 4. The Morgan fingerprint density at radius 3 is 1.25 bits per heavy atom. The smallest absolute Gasteiger partial charge is 0.103 e. The molecule has 5 rings (SSSR count).